The summed E-state index contributed by atoms with van der Waals surface area (Å²) in [7, 11) is -3.66. The van der Waals surface area contributed by atoms with Crippen LogP contribution in [-0.4, -0.2) is 19.5 Å². The average Bonchev–Trinajstić information content (AvgIpc) is 3.14. The van der Waals surface area contributed by atoms with Gasteiger partial charge in [-0.25, -0.2) is 0 Å². The quantitative estimate of drug-likeness (QED) is 0.113. The Hall–Kier alpha value is -4.19. The number of hydrogen-bond donors (Lipinski definition) is 0. The molecule has 0 atom stereocenters. The number of hydrogen-bond acceptors (Lipinski definition) is 4. The molecular formula is C40H38CrO4Si2. The van der Waals surface area contributed by atoms with Gasteiger partial charge in [0.1, 0.15) is 0 Å². The van der Waals surface area contributed by atoms with E-state index in [0.717, 1.165) is 33.4 Å². The van der Waals surface area contributed by atoms with Crippen LogP contribution in [-0.2, 0) is 51.1 Å². The molecule has 47 heavy (non-hydrogen) atoms. The summed E-state index contributed by atoms with van der Waals surface area (Å²) in [4.78, 5) is 0. The number of rotatable bonds is 14. The minimum atomic E-state index is -5.29. The fourth-order valence-electron chi connectivity index (χ4n) is 6.47. The third kappa shape index (κ3) is 7.86. The van der Waals surface area contributed by atoms with Crippen LogP contribution < -0.4 is 0 Å². The van der Waals surface area contributed by atoms with E-state index < -0.39 is 43.2 Å². The van der Waals surface area contributed by atoms with E-state index in [1.165, 1.54) is 0 Å². The molecule has 7 heteroatoms. The second-order valence-corrected chi connectivity index (χ2v) is 18.8. The summed E-state index contributed by atoms with van der Waals surface area (Å²) in [5.41, 5.74) is 6.40. The van der Waals surface area contributed by atoms with Crippen molar-refractivity contribution in [3.63, 3.8) is 0 Å². The molecule has 0 fully saturated rings. The van der Waals surface area contributed by atoms with E-state index in [-0.39, 0.29) is 0 Å². The van der Waals surface area contributed by atoms with Gasteiger partial charge in [0.05, 0.1) is 0 Å². The van der Waals surface area contributed by atoms with Crippen molar-refractivity contribution in [2.75, 3.05) is 0 Å². The first-order valence-corrected chi connectivity index (χ1v) is 20.5. The van der Waals surface area contributed by atoms with Gasteiger partial charge in [-0.2, -0.15) is 0 Å². The van der Waals surface area contributed by atoms with Gasteiger partial charge in [0, 0.05) is 0 Å². The van der Waals surface area contributed by atoms with Gasteiger partial charge in [-0.1, -0.05) is 0 Å². The molecule has 0 N–H and O–H groups in total. The van der Waals surface area contributed by atoms with E-state index in [4.69, 9.17) is 6.96 Å². The van der Waals surface area contributed by atoms with Crippen LogP contribution in [0.1, 0.15) is 33.4 Å². The molecule has 0 radical (unpaired) electrons. The Labute approximate surface area is 284 Å². The van der Waals surface area contributed by atoms with Crippen LogP contribution >= 0.6 is 0 Å². The van der Waals surface area contributed by atoms with Crippen LogP contribution in [0.5, 0.6) is 0 Å². The van der Waals surface area contributed by atoms with Gasteiger partial charge in [-0.05, 0) is 0 Å². The molecule has 0 aliphatic rings. The Balaban J connectivity index is 1.36. The standard InChI is InChI=1S/2C20H19OSi.Cr.2O/c2*21-22-20(18-12-6-2-7-13-18,19-14-8-3-9-15-19)16-17-10-4-1-5-11-17;;;/h2*1-15H,16,22H2;;;/q2*-1;+2;;. The molecule has 6 rings (SSSR count). The third-order valence-corrected chi connectivity index (χ3v) is 16.6. The van der Waals surface area contributed by atoms with Gasteiger partial charge in [-0.15, -0.1) is 0 Å². The van der Waals surface area contributed by atoms with Crippen LogP contribution in [0.3, 0.4) is 0 Å². The molecule has 6 aromatic carbocycles. The van der Waals surface area contributed by atoms with Gasteiger partial charge < -0.3 is 0 Å². The van der Waals surface area contributed by atoms with Crippen LogP contribution in [0.15, 0.2) is 182 Å². The van der Waals surface area contributed by atoms with E-state index >= 15 is 0 Å². The van der Waals surface area contributed by atoms with Crippen molar-refractivity contribution in [1.82, 2.24) is 0 Å². The molecule has 0 bridgehead atoms. The molecule has 0 amide bonds. The number of benzene rings is 6. The van der Waals surface area contributed by atoms with Crippen molar-refractivity contribution >= 4 is 19.5 Å². The molecule has 0 saturated carbocycles. The topological polar surface area (TPSA) is 52.6 Å². The van der Waals surface area contributed by atoms with Crippen molar-refractivity contribution in [1.29, 1.82) is 0 Å². The summed E-state index contributed by atoms with van der Waals surface area (Å²) >= 11 is -5.29. The monoisotopic (exact) mass is 690 g/mol. The van der Waals surface area contributed by atoms with Crippen molar-refractivity contribution in [2.24, 2.45) is 0 Å². The van der Waals surface area contributed by atoms with Crippen molar-refractivity contribution in [3.05, 3.63) is 215 Å². The van der Waals surface area contributed by atoms with E-state index in [9.17, 15) is 7.61 Å². The predicted octanol–water partition coefficient (Wildman–Crippen LogP) is 7.24. The fraction of sp³-hybridized carbons (Fsp3) is 0.100. The Morgan fingerprint density at radius 2 is 0.617 bits per heavy atom. The first-order valence-electron chi connectivity index (χ1n) is 15.8. The Kier molecular flexibility index (Phi) is 10.5. The Morgan fingerprint density at radius 1 is 0.383 bits per heavy atom. The zero-order chi connectivity index (χ0) is 32.4. The van der Waals surface area contributed by atoms with Crippen LogP contribution in [0.25, 0.3) is 0 Å². The zero-order valence-corrected chi connectivity index (χ0v) is 30.3. The van der Waals surface area contributed by atoms with E-state index in [1.807, 2.05) is 109 Å². The predicted molar refractivity (Wildman–Crippen MR) is 188 cm³/mol. The maximum absolute atomic E-state index is 14.1. The van der Waals surface area contributed by atoms with Crippen LogP contribution in [0, 0.1) is 0 Å². The van der Waals surface area contributed by atoms with Crippen LogP contribution in [0.4, 0.5) is 0 Å². The summed E-state index contributed by atoms with van der Waals surface area (Å²) in [6.45, 7) is 0. The summed E-state index contributed by atoms with van der Waals surface area (Å²) in [5.74, 6) is 0. The van der Waals surface area contributed by atoms with Crippen molar-refractivity contribution in [2.45, 2.75) is 22.9 Å². The molecule has 0 aliphatic heterocycles. The van der Waals surface area contributed by atoms with E-state index in [1.54, 1.807) is 0 Å². The van der Waals surface area contributed by atoms with Gasteiger partial charge in [0.25, 0.3) is 0 Å². The van der Waals surface area contributed by atoms with Crippen LogP contribution in [0.2, 0.25) is 0 Å². The maximum atomic E-state index is 14.1. The molecule has 0 unspecified atom stereocenters. The second-order valence-electron chi connectivity index (χ2n) is 11.9. The molecule has 236 valence electrons. The van der Waals surface area contributed by atoms with Crippen molar-refractivity contribution < 1.29 is 28.2 Å². The SMILES string of the molecule is [O]=[Cr](=[O])([O][SiH2]C(Cc1ccccc1)(c1ccccc1)c1ccccc1)[O][SiH2]C(Cc1ccccc1)(c1ccccc1)c1ccccc1. The van der Waals surface area contributed by atoms with Gasteiger partial charge >= 0.3 is 286 Å². The van der Waals surface area contributed by atoms with Gasteiger partial charge in [0.2, 0.25) is 0 Å². The Bertz CT molecular complexity index is 1710. The van der Waals surface area contributed by atoms with E-state index in [2.05, 4.69) is 72.8 Å². The molecule has 0 aliphatic carbocycles. The molecule has 4 nitrogen and oxygen atoms in total. The fourth-order valence-corrected chi connectivity index (χ4v) is 14.0. The normalized spacial score (nSPS) is 12.6. The zero-order valence-electron chi connectivity index (χ0n) is 26.2. The molecule has 6 aromatic rings. The summed E-state index contributed by atoms with van der Waals surface area (Å²) in [5, 5.41) is -1.27. The Morgan fingerprint density at radius 3 is 0.872 bits per heavy atom. The minimum absolute atomic E-state index is 0.616. The summed E-state index contributed by atoms with van der Waals surface area (Å²) in [6.07, 6.45) is 1.23. The van der Waals surface area contributed by atoms with Gasteiger partial charge in [-0.3, -0.25) is 0 Å². The first kappa shape index (κ1) is 32.7. The molecule has 0 saturated heterocycles. The first-order chi connectivity index (χ1) is 23.0. The molecular weight excluding hydrogens is 653 g/mol. The molecule has 0 aromatic heterocycles. The van der Waals surface area contributed by atoms with Crippen molar-refractivity contribution in [3.8, 4) is 0 Å². The second kappa shape index (κ2) is 15.1. The van der Waals surface area contributed by atoms with Gasteiger partial charge in [0.15, 0.2) is 0 Å². The summed E-state index contributed by atoms with van der Waals surface area (Å²) in [6, 6.07) is 61.1. The average molecular weight is 691 g/mol. The van der Waals surface area contributed by atoms with E-state index in [0.29, 0.717) is 12.8 Å². The third-order valence-electron chi connectivity index (χ3n) is 8.90. The summed E-state index contributed by atoms with van der Waals surface area (Å²) < 4.78 is 40.5. The molecule has 0 spiro atoms. The molecule has 0 heterocycles.